The summed E-state index contributed by atoms with van der Waals surface area (Å²) in [6.07, 6.45) is 2.26. The first-order valence-corrected chi connectivity index (χ1v) is 6.41. The molecule has 0 aliphatic carbocycles. The highest BCUT2D eigenvalue weighted by Crippen LogP contribution is 2.28. The van der Waals surface area contributed by atoms with Gasteiger partial charge in [-0.05, 0) is 43.4 Å². The van der Waals surface area contributed by atoms with Crippen molar-refractivity contribution >= 4 is 17.3 Å². The number of nitrogens with two attached hydrogens (primary N) is 1. The molecule has 1 heterocycles. The van der Waals surface area contributed by atoms with Crippen LogP contribution in [0.25, 0.3) is 0 Å². The zero-order valence-electron chi connectivity index (χ0n) is 10.2. The molecule has 3 nitrogen and oxygen atoms in total. The number of rotatable bonds is 3. The van der Waals surface area contributed by atoms with Gasteiger partial charge in [0.05, 0.1) is 6.61 Å². The van der Waals surface area contributed by atoms with Crippen molar-refractivity contribution in [1.29, 1.82) is 0 Å². The molecule has 0 radical (unpaired) electrons. The largest absolute Gasteiger partial charge is 0.371 e. The van der Waals surface area contributed by atoms with E-state index in [2.05, 4.69) is 24.0 Å². The van der Waals surface area contributed by atoms with E-state index >= 15 is 0 Å². The molecule has 94 valence electrons. The van der Waals surface area contributed by atoms with Crippen molar-refractivity contribution in [3.05, 3.63) is 28.8 Å². The van der Waals surface area contributed by atoms with E-state index in [1.807, 2.05) is 6.07 Å². The Kier molecular flexibility index (Phi) is 4.26. The lowest BCUT2D eigenvalue weighted by Gasteiger charge is -2.34. The van der Waals surface area contributed by atoms with Gasteiger partial charge in [0.2, 0.25) is 0 Å². The quantitative estimate of drug-likeness (QED) is 0.843. The van der Waals surface area contributed by atoms with Gasteiger partial charge in [-0.1, -0.05) is 17.7 Å². The molecule has 2 N–H and O–H groups in total. The van der Waals surface area contributed by atoms with Crippen molar-refractivity contribution in [3.63, 3.8) is 0 Å². The minimum Gasteiger partial charge on any atom is -0.371 e. The molecule has 0 amide bonds. The van der Waals surface area contributed by atoms with Gasteiger partial charge < -0.3 is 9.74 Å². The van der Waals surface area contributed by atoms with Gasteiger partial charge in [-0.3, -0.25) is 0 Å². The zero-order valence-corrected chi connectivity index (χ0v) is 10.9. The minimum atomic E-state index is 0.593. The smallest absolute Gasteiger partial charge is 0.0708 e. The molecule has 1 saturated heterocycles. The lowest BCUT2D eigenvalue weighted by atomic mass is 9.97. The van der Waals surface area contributed by atoms with Gasteiger partial charge >= 0.3 is 0 Å². The maximum atomic E-state index is 6.05. The summed E-state index contributed by atoms with van der Waals surface area (Å²) in [5, 5.41) is 0.804. The first-order chi connectivity index (χ1) is 8.20. The molecule has 0 spiro atoms. The molecule has 4 heteroatoms. The summed E-state index contributed by atoms with van der Waals surface area (Å²) in [5.41, 5.74) is 2.53. The number of halogens is 1. The van der Waals surface area contributed by atoms with Crippen LogP contribution < -0.4 is 10.8 Å². The summed E-state index contributed by atoms with van der Waals surface area (Å²) < 4.78 is 0. The summed E-state index contributed by atoms with van der Waals surface area (Å²) in [6.45, 7) is 4.90. The van der Waals surface area contributed by atoms with E-state index in [1.54, 1.807) is 0 Å². The van der Waals surface area contributed by atoms with Gasteiger partial charge in [0.15, 0.2) is 0 Å². The summed E-state index contributed by atoms with van der Waals surface area (Å²) in [7, 11) is 0. The van der Waals surface area contributed by atoms with Crippen molar-refractivity contribution in [2.45, 2.75) is 19.8 Å². The average Bonchev–Trinajstić information content (AvgIpc) is 2.34. The third-order valence-corrected chi connectivity index (χ3v) is 3.69. The van der Waals surface area contributed by atoms with E-state index in [1.165, 1.54) is 11.3 Å². The lowest BCUT2D eigenvalue weighted by molar-refractivity contribution is 0.0918. The fourth-order valence-corrected chi connectivity index (χ4v) is 2.57. The second-order valence-corrected chi connectivity index (χ2v) is 5.13. The number of anilines is 1. The van der Waals surface area contributed by atoms with Gasteiger partial charge in [0.25, 0.3) is 0 Å². The molecule has 2 rings (SSSR count). The molecule has 1 aliphatic rings. The fourth-order valence-electron chi connectivity index (χ4n) is 2.40. The van der Waals surface area contributed by atoms with Crippen LogP contribution in [0.2, 0.25) is 5.02 Å². The second-order valence-electron chi connectivity index (χ2n) is 4.69. The molecule has 0 aromatic heterocycles. The first-order valence-electron chi connectivity index (χ1n) is 6.03. The predicted molar refractivity (Wildman–Crippen MR) is 71.3 cm³/mol. The van der Waals surface area contributed by atoms with E-state index in [4.69, 9.17) is 22.3 Å². The predicted octanol–water partition coefficient (Wildman–Crippen LogP) is 2.76. The average molecular weight is 255 g/mol. The van der Waals surface area contributed by atoms with Crippen molar-refractivity contribution in [2.75, 3.05) is 24.6 Å². The van der Waals surface area contributed by atoms with Crippen LogP contribution in [-0.4, -0.2) is 19.7 Å². The molecule has 1 fully saturated rings. The molecule has 0 bridgehead atoms. The Morgan fingerprint density at radius 1 is 1.41 bits per heavy atom. The van der Waals surface area contributed by atoms with Gasteiger partial charge in [-0.25, -0.2) is 5.90 Å². The topological polar surface area (TPSA) is 38.5 Å². The third-order valence-electron chi connectivity index (χ3n) is 3.46. The fraction of sp³-hybridized carbons (Fsp3) is 0.538. The number of hydrogen-bond acceptors (Lipinski definition) is 3. The normalized spacial score (nSPS) is 17.5. The minimum absolute atomic E-state index is 0.593. The molecule has 0 saturated carbocycles. The van der Waals surface area contributed by atoms with Gasteiger partial charge in [-0.2, -0.15) is 0 Å². The Bertz CT molecular complexity index is 376. The van der Waals surface area contributed by atoms with Crippen LogP contribution in [0.1, 0.15) is 18.4 Å². The van der Waals surface area contributed by atoms with Gasteiger partial charge in [0.1, 0.15) is 0 Å². The third kappa shape index (κ3) is 3.12. The standard InChI is InChI=1S/C13H19ClN2O/c1-10-2-3-12(14)8-13(10)16-6-4-11(5-7-16)9-17-15/h2-3,8,11H,4-7,9,15H2,1H3. The molecule has 0 atom stereocenters. The Morgan fingerprint density at radius 2 is 2.12 bits per heavy atom. The van der Waals surface area contributed by atoms with E-state index in [0.29, 0.717) is 12.5 Å². The molecule has 1 aromatic carbocycles. The van der Waals surface area contributed by atoms with Crippen LogP contribution in [0.4, 0.5) is 5.69 Å². The number of benzene rings is 1. The molecule has 1 aliphatic heterocycles. The Hall–Kier alpha value is -0.770. The second kappa shape index (κ2) is 5.71. The first kappa shape index (κ1) is 12.7. The Balaban J connectivity index is 2.02. The van der Waals surface area contributed by atoms with E-state index in [9.17, 15) is 0 Å². The van der Waals surface area contributed by atoms with Gasteiger partial charge in [0, 0.05) is 23.8 Å². The number of aryl methyl sites for hydroxylation is 1. The summed E-state index contributed by atoms with van der Waals surface area (Å²) in [6, 6.07) is 6.07. The van der Waals surface area contributed by atoms with Crippen molar-refractivity contribution < 1.29 is 4.84 Å². The lowest BCUT2D eigenvalue weighted by Crippen LogP contribution is -2.35. The molecule has 1 aromatic rings. The Labute approximate surface area is 107 Å². The van der Waals surface area contributed by atoms with E-state index in [0.717, 1.165) is 31.0 Å². The highest BCUT2D eigenvalue weighted by Gasteiger charge is 2.20. The van der Waals surface area contributed by atoms with Crippen LogP contribution in [0.3, 0.4) is 0 Å². The highest BCUT2D eigenvalue weighted by molar-refractivity contribution is 6.30. The zero-order chi connectivity index (χ0) is 12.3. The Morgan fingerprint density at radius 3 is 2.76 bits per heavy atom. The van der Waals surface area contributed by atoms with Crippen molar-refractivity contribution in [2.24, 2.45) is 11.8 Å². The summed E-state index contributed by atoms with van der Waals surface area (Å²) >= 11 is 6.05. The molecule has 17 heavy (non-hydrogen) atoms. The summed E-state index contributed by atoms with van der Waals surface area (Å²) in [4.78, 5) is 7.12. The maximum absolute atomic E-state index is 6.05. The molecular weight excluding hydrogens is 236 g/mol. The maximum Gasteiger partial charge on any atom is 0.0708 e. The van der Waals surface area contributed by atoms with Crippen LogP contribution in [0.5, 0.6) is 0 Å². The van der Waals surface area contributed by atoms with Crippen LogP contribution in [-0.2, 0) is 4.84 Å². The highest BCUT2D eigenvalue weighted by atomic mass is 35.5. The summed E-state index contributed by atoms with van der Waals surface area (Å²) in [5.74, 6) is 5.71. The number of nitrogens with zero attached hydrogens (tertiary/aromatic N) is 1. The van der Waals surface area contributed by atoms with E-state index < -0.39 is 0 Å². The molecular formula is C13H19ClN2O. The monoisotopic (exact) mass is 254 g/mol. The van der Waals surface area contributed by atoms with Crippen LogP contribution in [0, 0.1) is 12.8 Å². The van der Waals surface area contributed by atoms with E-state index in [-0.39, 0.29) is 0 Å². The van der Waals surface area contributed by atoms with Gasteiger partial charge in [-0.15, -0.1) is 0 Å². The van der Waals surface area contributed by atoms with Crippen LogP contribution >= 0.6 is 11.6 Å². The van der Waals surface area contributed by atoms with Crippen molar-refractivity contribution in [1.82, 2.24) is 0 Å². The van der Waals surface area contributed by atoms with Crippen LogP contribution in [0.15, 0.2) is 18.2 Å². The molecule has 0 unspecified atom stereocenters. The number of hydrogen-bond donors (Lipinski definition) is 1. The van der Waals surface area contributed by atoms with Crippen molar-refractivity contribution in [3.8, 4) is 0 Å². The number of piperidine rings is 1. The SMILES string of the molecule is Cc1ccc(Cl)cc1N1CCC(CON)CC1.